The summed E-state index contributed by atoms with van der Waals surface area (Å²) in [4.78, 5) is 10.5. The average Bonchev–Trinajstić information content (AvgIpc) is 2.83. The van der Waals surface area contributed by atoms with Gasteiger partial charge in [-0.2, -0.15) is 8.42 Å². The van der Waals surface area contributed by atoms with Gasteiger partial charge in [-0.05, 0) is 66.2 Å². The highest BCUT2D eigenvalue weighted by Crippen LogP contribution is 2.34. The monoisotopic (exact) mass is 526 g/mol. The maximum atomic E-state index is 11.4. The zero-order chi connectivity index (χ0) is 26.1. The van der Waals surface area contributed by atoms with Crippen molar-refractivity contribution in [1.82, 2.24) is 0 Å². The second kappa shape index (κ2) is 9.63. The molecule has 1 heterocycles. The normalized spacial score (nSPS) is 11.8. The first kappa shape index (κ1) is 25.2. The Kier molecular flexibility index (Phi) is 6.74. The van der Waals surface area contributed by atoms with Crippen LogP contribution in [0.1, 0.15) is 6.92 Å². The summed E-state index contributed by atoms with van der Waals surface area (Å²) in [5, 5.41) is 0. The van der Waals surface area contributed by atoms with E-state index in [-0.39, 0.29) is 9.79 Å². The van der Waals surface area contributed by atoms with E-state index in [1.165, 1.54) is 55.5 Å². The van der Waals surface area contributed by atoms with Crippen molar-refractivity contribution in [2.24, 2.45) is 0 Å². The molecule has 0 aliphatic heterocycles. The molecule has 0 bridgehead atoms. The minimum atomic E-state index is -4.62. The molecule has 1 aromatic heterocycles. The lowest BCUT2D eigenvalue weighted by Crippen LogP contribution is -2.00. The summed E-state index contributed by atoms with van der Waals surface area (Å²) >= 11 is 0. The van der Waals surface area contributed by atoms with Crippen molar-refractivity contribution < 1.29 is 39.9 Å². The van der Waals surface area contributed by atoms with Crippen LogP contribution in [-0.2, 0) is 25.0 Å². The number of rotatable bonds is 6. The highest BCUT2D eigenvalue weighted by atomic mass is 32.2. The van der Waals surface area contributed by atoms with Crippen LogP contribution >= 0.6 is 0 Å². The summed E-state index contributed by atoms with van der Waals surface area (Å²) in [5.74, 6) is 0.583. The predicted octanol–water partition coefficient (Wildman–Crippen LogP) is 4.64. The van der Waals surface area contributed by atoms with Gasteiger partial charge in [-0.3, -0.25) is 9.35 Å². The van der Waals surface area contributed by atoms with Gasteiger partial charge in [-0.25, -0.2) is 12.8 Å². The van der Waals surface area contributed by atoms with Crippen LogP contribution in [0.5, 0.6) is 5.75 Å². The fourth-order valence-electron chi connectivity index (χ4n) is 3.41. The molecule has 4 aromatic rings. The van der Waals surface area contributed by atoms with Crippen molar-refractivity contribution in [3.05, 3.63) is 84.9 Å². The van der Waals surface area contributed by atoms with E-state index in [9.17, 15) is 30.7 Å². The van der Waals surface area contributed by atoms with Crippen LogP contribution in [0.2, 0.25) is 0 Å². The first-order chi connectivity index (χ1) is 16.9. The topological polar surface area (TPSA) is 149 Å². The highest BCUT2D eigenvalue weighted by molar-refractivity contribution is 7.86. The molecule has 0 atom stereocenters. The molecular formula is C25H18O9S2. The van der Waals surface area contributed by atoms with Crippen molar-refractivity contribution in [1.29, 1.82) is 0 Å². The summed E-state index contributed by atoms with van der Waals surface area (Å²) in [5.41, 5.74) is 2.40. The number of ether oxygens (including phenoxy) is 1. The van der Waals surface area contributed by atoms with Gasteiger partial charge in [0.05, 0.1) is 33.1 Å². The minimum absolute atomic E-state index is 0.280. The molecule has 0 spiro atoms. The molecular weight excluding hydrogens is 508 g/mol. The Labute approximate surface area is 207 Å². The van der Waals surface area contributed by atoms with Gasteiger partial charge in [0.1, 0.15) is 15.9 Å². The van der Waals surface area contributed by atoms with Crippen LogP contribution in [0.3, 0.4) is 0 Å². The third kappa shape index (κ3) is 5.83. The number of esters is 1. The molecule has 0 saturated heterocycles. The highest BCUT2D eigenvalue weighted by Gasteiger charge is 2.22. The Bertz CT molecular complexity index is 1550. The molecule has 0 amide bonds. The average molecular weight is 527 g/mol. The first-order valence-corrected chi connectivity index (χ1v) is 13.2. The molecule has 9 nitrogen and oxygen atoms in total. The number of carbonyl (C=O) groups excluding carboxylic acids is 1. The summed E-state index contributed by atoms with van der Waals surface area (Å²) in [6.45, 7) is 1.29. The van der Waals surface area contributed by atoms with E-state index in [4.69, 9.17) is 9.15 Å². The third-order valence-corrected chi connectivity index (χ3v) is 6.82. The number of hydrogen-bond donors (Lipinski definition) is 1. The Balaban J connectivity index is 1.83. The van der Waals surface area contributed by atoms with Gasteiger partial charge >= 0.3 is 17.5 Å². The summed E-state index contributed by atoms with van der Waals surface area (Å²) < 4.78 is 77.0. The van der Waals surface area contributed by atoms with E-state index in [1.54, 1.807) is 36.4 Å². The fraction of sp³-hybridized carbons (Fsp3) is 0.0400. The minimum Gasteiger partial charge on any atom is -0.744 e. The van der Waals surface area contributed by atoms with Crippen LogP contribution in [0.15, 0.2) is 99.1 Å². The number of carbonyl (C=O) groups is 1. The number of hydrogen-bond acceptors (Lipinski definition) is 7. The van der Waals surface area contributed by atoms with Gasteiger partial charge in [0, 0.05) is 12.5 Å². The molecule has 0 aliphatic carbocycles. The van der Waals surface area contributed by atoms with Gasteiger partial charge in [0.15, 0.2) is 0 Å². The van der Waals surface area contributed by atoms with Gasteiger partial charge in [0.25, 0.3) is 10.1 Å². The SMILES string of the molecule is CC(=O)Oc1ccc(-c2cc(-c3ccc(S(=O)(=O)[O-])cc3)[o+]c(-c3ccc(S(=O)(=O)O)cc3)c2)cc1. The van der Waals surface area contributed by atoms with Crippen molar-refractivity contribution in [3.8, 4) is 39.5 Å². The fourth-order valence-corrected chi connectivity index (χ4v) is 4.36. The van der Waals surface area contributed by atoms with Crippen LogP contribution in [0, 0.1) is 0 Å². The van der Waals surface area contributed by atoms with E-state index >= 15 is 0 Å². The number of benzene rings is 3. The molecule has 184 valence electrons. The summed E-state index contributed by atoms with van der Waals surface area (Å²) in [6, 6.07) is 20.7. The Morgan fingerprint density at radius 2 is 1.17 bits per heavy atom. The van der Waals surface area contributed by atoms with E-state index in [0.717, 1.165) is 5.56 Å². The maximum absolute atomic E-state index is 11.4. The molecule has 4 rings (SSSR count). The Hall–Kier alpha value is -3.90. The van der Waals surface area contributed by atoms with Crippen molar-refractivity contribution in [2.75, 3.05) is 0 Å². The molecule has 11 heteroatoms. The van der Waals surface area contributed by atoms with Gasteiger partial charge in [-0.1, -0.05) is 12.1 Å². The van der Waals surface area contributed by atoms with Gasteiger partial charge in [-0.15, -0.1) is 0 Å². The van der Waals surface area contributed by atoms with E-state index in [1.807, 2.05) is 0 Å². The van der Waals surface area contributed by atoms with Crippen LogP contribution in [-0.4, -0.2) is 31.9 Å². The molecule has 0 fully saturated rings. The standard InChI is InChI=1S/C25H18O9S2/c1-16(26)33-21-8-2-17(3-9-21)20-14-24(18-4-10-22(11-5-18)35(27,28)29)34-25(15-20)19-6-12-23(13-7-19)36(30,31)32/h2-15H,1H3,(H-,27,28,29,30,31,32). The second-order valence-corrected chi connectivity index (χ2v) is 10.5. The quantitative estimate of drug-likeness (QED) is 0.164. The smallest absolute Gasteiger partial charge is 0.361 e. The Morgan fingerprint density at radius 3 is 1.58 bits per heavy atom. The Morgan fingerprint density at radius 1 is 0.722 bits per heavy atom. The lowest BCUT2D eigenvalue weighted by molar-refractivity contribution is -0.131. The van der Waals surface area contributed by atoms with Crippen LogP contribution in [0.4, 0.5) is 0 Å². The zero-order valence-electron chi connectivity index (χ0n) is 18.6. The molecule has 0 unspecified atom stereocenters. The van der Waals surface area contributed by atoms with Gasteiger partial charge in [0.2, 0.25) is 0 Å². The van der Waals surface area contributed by atoms with Crippen molar-refractivity contribution in [2.45, 2.75) is 16.7 Å². The van der Waals surface area contributed by atoms with Gasteiger partial charge < -0.3 is 9.29 Å². The summed E-state index contributed by atoms with van der Waals surface area (Å²) in [7, 11) is -8.99. The van der Waals surface area contributed by atoms with E-state index < -0.39 is 26.2 Å². The van der Waals surface area contributed by atoms with Crippen LogP contribution in [0.25, 0.3) is 33.8 Å². The first-order valence-electron chi connectivity index (χ1n) is 10.3. The lowest BCUT2D eigenvalue weighted by Gasteiger charge is -2.07. The zero-order valence-corrected chi connectivity index (χ0v) is 20.2. The molecule has 1 N–H and O–H groups in total. The molecule has 36 heavy (non-hydrogen) atoms. The molecule has 3 aromatic carbocycles. The largest absolute Gasteiger partial charge is 0.744 e. The molecule has 0 aliphatic rings. The summed E-state index contributed by atoms with van der Waals surface area (Å²) in [6.07, 6.45) is 0. The second-order valence-electron chi connectivity index (χ2n) is 7.67. The third-order valence-electron chi connectivity index (χ3n) is 5.11. The predicted molar refractivity (Wildman–Crippen MR) is 129 cm³/mol. The molecule has 0 radical (unpaired) electrons. The lowest BCUT2D eigenvalue weighted by atomic mass is 10.0. The van der Waals surface area contributed by atoms with Crippen molar-refractivity contribution >= 4 is 26.2 Å². The molecule has 0 saturated carbocycles. The van der Waals surface area contributed by atoms with E-state index in [0.29, 0.717) is 34.0 Å². The van der Waals surface area contributed by atoms with E-state index in [2.05, 4.69) is 0 Å². The van der Waals surface area contributed by atoms with Crippen LogP contribution < -0.4 is 4.74 Å². The van der Waals surface area contributed by atoms with Crippen molar-refractivity contribution in [3.63, 3.8) is 0 Å². The maximum Gasteiger partial charge on any atom is 0.361 e.